The molecule has 0 fully saturated rings. The Morgan fingerprint density at radius 2 is 1.94 bits per heavy atom. The van der Waals surface area contributed by atoms with Crippen molar-refractivity contribution in [2.75, 3.05) is 5.32 Å². The van der Waals surface area contributed by atoms with Crippen LogP contribution in [0.15, 0.2) is 42.5 Å². The van der Waals surface area contributed by atoms with Gasteiger partial charge in [-0.15, -0.1) is 0 Å². The van der Waals surface area contributed by atoms with Crippen LogP contribution in [0.5, 0.6) is 0 Å². The molecule has 0 saturated carbocycles. The van der Waals surface area contributed by atoms with Crippen molar-refractivity contribution in [3.63, 3.8) is 0 Å². The number of para-hydroxylation sites is 2. The molecule has 2 aromatic heterocycles. The number of halogens is 3. The fraction of sp³-hybridized carbons (Fsp3) is 0.375. The van der Waals surface area contributed by atoms with Gasteiger partial charge in [0, 0.05) is 36.7 Å². The molecule has 1 unspecified atom stereocenters. The first kappa shape index (κ1) is 20.0. The van der Waals surface area contributed by atoms with Gasteiger partial charge in [0.05, 0.1) is 17.0 Å². The molecular weight excluding hydrogens is 401 g/mol. The molecule has 2 heterocycles. The summed E-state index contributed by atoms with van der Waals surface area (Å²) in [5.74, 6) is -0.482. The minimum Gasteiger partial charge on any atom is -0.352 e. The fourth-order valence-corrected chi connectivity index (χ4v) is 4.93. The highest BCUT2D eigenvalue weighted by atomic mass is 19.4. The summed E-state index contributed by atoms with van der Waals surface area (Å²) < 4.78 is 44.4. The predicted octanol–water partition coefficient (Wildman–Crippen LogP) is 5.83. The summed E-state index contributed by atoms with van der Waals surface area (Å²) in [5.41, 5.74) is 5.97. The van der Waals surface area contributed by atoms with E-state index >= 15 is 0 Å². The molecule has 7 heteroatoms. The second-order valence-electron chi connectivity index (χ2n) is 8.34. The summed E-state index contributed by atoms with van der Waals surface area (Å²) in [5, 5.41) is 4.34. The molecule has 31 heavy (non-hydrogen) atoms. The molecule has 0 radical (unpaired) electrons. The Balaban J connectivity index is 1.47. The van der Waals surface area contributed by atoms with Gasteiger partial charge in [-0.3, -0.25) is 0 Å². The molecule has 0 amide bonds. The zero-order valence-corrected chi connectivity index (χ0v) is 17.6. The van der Waals surface area contributed by atoms with Gasteiger partial charge in [0.2, 0.25) is 5.95 Å². The maximum Gasteiger partial charge on any atom is 0.392 e. The molecule has 0 saturated heterocycles. The number of nitrogens with one attached hydrogen (secondary N) is 1. The number of benzene rings is 2. The lowest BCUT2D eigenvalue weighted by Crippen LogP contribution is -2.29. The Bertz CT molecular complexity index is 1270. The summed E-state index contributed by atoms with van der Waals surface area (Å²) >= 11 is 0. The first-order chi connectivity index (χ1) is 14.9. The van der Waals surface area contributed by atoms with E-state index < -0.39 is 12.1 Å². The van der Waals surface area contributed by atoms with Gasteiger partial charge in [-0.1, -0.05) is 18.2 Å². The number of alkyl halides is 3. The van der Waals surface area contributed by atoms with Crippen LogP contribution in [0.1, 0.15) is 30.2 Å². The second-order valence-corrected chi connectivity index (χ2v) is 8.34. The number of aryl methyl sites for hydroxylation is 2. The van der Waals surface area contributed by atoms with Crippen molar-refractivity contribution in [2.24, 2.45) is 13.0 Å². The average Bonchev–Trinajstić information content (AvgIpc) is 3.25. The van der Waals surface area contributed by atoms with Crippen LogP contribution in [0.4, 0.5) is 19.1 Å². The summed E-state index contributed by atoms with van der Waals surface area (Å²) in [6.07, 6.45) is -3.41. The van der Waals surface area contributed by atoms with Crippen molar-refractivity contribution in [1.29, 1.82) is 0 Å². The Morgan fingerprint density at radius 1 is 1.13 bits per heavy atom. The Morgan fingerprint density at radius 3 is 2.68 bits per heavy atom. The van der Waals surface area contributed by atoms with E-state index in [1.165, 1.54) is 0 Å². The third kappa shape index (κ3) is 3.36. The number of rotatable bonds is 4. The Kier molecular flexibility index (Phi) is 4.72. The normalized spacial score (nSPS) is 16.7. The quantitative estimate of drug-likeness (QED) is 0.446. The van der Waals surface area contributed by atoms with E-state index in [-0.39, 0.29) is 12.8 Å². The zero-order chi connectivity index (χ0) is 21.8. The largest absolute Gasteiger partial charge is 0.392 e. The molecule has 1 N–H and O–H groups in total. The third-order valence-corrected chi connectivity index (χ3v) is 6.55. The van der Waals surface area contributed by atoms with Gasteiger partial charge < -0.3 is 14.5 Å². The molecule has 2 aromatic carbocycles. The molecule has 0 bridgehead atoms. The first-order valence-corrected chi connectivity index (χ1v) is 10.7. The van der Waals surface area contributed by atoms with Gasteiger partial charge in [-0.2, -0.15) is 13.2 Å². The van der Waals surface area contributed by atoms with Crippen molar-refractivity contribution in [2.45, 2.75) is 45.5 Å². The molecule has 1 aliphatic rings. The van der Waals surface area contributed by atoms with Crippen LogP contribution in [0, 0.1) is 5.92 Å². The van der Waals surface area contributed by atoms with Crippen LogP contribution in [0.25, 0.3) is 21.9 Å². The first-order valence-electron chi connectivity index (χ1n) is 10.7. The van der Waals surface area contributed by atoms with Crippen LogP contribution in [0.3, 0.4) is 0 Å². The number of anilines is 1. The molecule has 1 atom stereocenters. The molecule has 4 aromatic rings. The van der Waals surface area contributed by atoms with E-state index in [4.69, 9.17) is 0 Å². The molecule has 0 aliphatic heterocycles. The SMILES string of the molecule is CCn1c2c(c3cc(CNc4nc5ccccc5n4C)ccc31)CC(C(F)(F)F)CC2. The van der Waals surface area contributed by atoms with Crippen LogP contribution < -0.4 is 5.32 Å². The van der Waals surface area contributed by atoms with Crippen LogP contribution in [-0.2, 0) is 33.0 Å². The minimum atomic E-state index is -4.14. The number of hydrogen-bond donors (Lipinski definition) is 1. The fourth-order valence-electron chi connectivity index (χ4n) is 4.93. The van der Waals surface area contributed by atoms with Gasteiger partial charge in [0.15, 0.2) is 0 Å². The minimum absolute atomic E-state index is 0.0734. The predicted molar refractivity (Wildman–Crippen MR) is 117 cm³/mol. The lowest BCUT2D eigenvalue weighted by Gasteiger charge is -2.25. The monoisotopic (exact) mass is 426 g/mol. The summed E-state index contributed by atoms with van der Waals surface area (Å²) in [6.45, 7) is 3.37. The summed E-state index contributed by atoms with van der Waals surface area (Å²) in [4.78, 5) is 4.64. The number of imidazole rings is 1. The highest BCUT2D eigenvalue weighted by molar-refractivity contribution is 5.87. The van der Waals surface area contributed by atoms with Gasteiger partial charge >= 0.3 is 6.18 Å². The number of aromatic nitrogens is 3. The summed E-state index contributed by atoms with van der Waals surface area (Å²) in [6, 6.07) is 14.1. The van der Waals surface area contributed by atoms with E-state index in [2.05, 4.69) is 33.9 Å². The van der Waals surface area contributed by atoms with Crippen molar-refractivity contribution in [1.82, 2.24) is 14.1 Å². The Hall–Kier alpha value is -2.96. The lowest BCUT2D eigenvalue weighted by molar-refractivity contribution is -0.177. The third-order valence-electron chi connectivity index (χ3n) is 6.55. The molecule has 1 aliphatic carbocycles. The maximum atomic E-state index is 13.4. The molecule has 4 nitrogen and oxygen atoms in total. The molecule has 162 valence electrons. The van der Waals surface area contributed by atoms with E-state index in [1.54, 1.807) is 0 Å². The topological polar surface area (TPSA) is 34.8 Å². The summed E-state index contributed by atoms with van der Waals surface area (Å²) in [7, 11) is 1.97. The number of hydrogen-bond acceptors (Lipinski definition) is 2. The highest BCUT2D eigenvalue weighted by Gasteiger charge is 2.42. The maximum absolute atomic E-state index is 13.4. The van der Waals surface area contributed by atoms with Crippen LogP contribution in [-0.4, -0.2) is 20.3 Å². The standard InChI is InChI=1S/C24H25F3N4/c1-3-31-20-10-8-15(14-28-23-29-19-6-4-5-7-22(19)30(23)2)12-17(20)18-13-16(24(25,26)27)9-11-21(18)31/h4-8,10,12,16H,3,9,11,13-14H2,1-2H3,(H,28,29). The molecular formula is C24H25F3N4. The van der Waals surface area contributed by atoms with E-state index in [9.17, 15) is 13.2 Å². The van der Waals surface area contributed by atoms with Gasteiger partial charge in [-0.05, 0) is 61.6 Å². The van der Waals surface area contributed by atoms with Crippen LogP contribution >= 0.6 is 0 Å². The van der Waals surface area contributed by atoms with Gasteiger partial charge in [-0.25, -0.2) is 4.98 Å². The zero-order valence-electron chi connectivity index (χ0n) is 17.6. The van der Waals surface area contributed by atoms with Crippen molar-refractivity contribution >= 4 is 27.9 Å². The van der Waals surface area contributed by atoms with Crippen molar-refractivity contribution < 1.29 is 13.2 Å². The van der Waals surface area contributed by atoms with E-state index in [1.807, 2.05) is 41.9 Å². The van der Waals surface area contributed by atoms with Gasteiger partial charge in [0.1, 0.15) is 0 Å². The van der Waals surface area contributed by atoms with E-state index in [0.717, 1.165) is 51.3 Å². The van der Waals surface area contributed by atoms with Gasteiger partial charge in [0.25, 0.3) is 0 Å². The molecule has 5 rings (SSSR count). The molecule has 0 spiro atoms. The smallest absolute Gasteiger partial charge is 0.352 e. The van der Waals surface area contributed by atoms with Crippen molar-refractivity contribution in [3.05, 3.63) is 59.3 Å². The number of nitrogens with zero attached hydrogens (tertiary/aromatic N) is 3. The average molecular weight is 426 g/mol. The van der Waals surface area contributed by atoms with Crippen LogP contribution in [0.2, 0.25) is 0 Å². The van der Waals surface area contributed by atoms with E-state index in [0.29, 0.717) is 13.0 Å². The van der Waals surface area contributed by atoms with Crippen molar-refractivity contribution in [3.8, 4) is 0 Å². The second kappa shape index (κ2) is 7.32. The Labute approximate surface area is 178 Å². The highest BCUT2D eigenvalue weighted by Crippen LogP contribution is 2.41. The number of fused-ring (bicyclic) bond motifs is 4. The lowest BCUT2D eigenvalue weighted by atomic mass is 9.85.